The summed E-state index contributed by atoms with van der Waals surface area (Å²) in [6, 6.07) is 9.61. The van der Waals surface area contributed by atoms with Crippen LogP contribution < -0.4 is 5.32 Å². The van der Waals surface area contributed by atoms with E-state index in [4.69, 9.17) is 0 Å². The van der Waals surface area contributed by atoms with Crippen molar-refractivity contribution in [2.75, 3.05) is 23.9 Å². The zero-order valence-electron chi connectivity index (χ0n) is 10.9. The van der Waals surface area contributed by atoms with Gasteiger partial charge in [0.15, 0.2) is 0 Å². The number of aromatic nitrogens is 4. The topological polar surface area (TPSA) is 75.9 Å². The maximum absolute atomic E-state index is 10.1. The van der Waals surface area contributed by atoms with Gasteiger partial charge in [-0.3, -0.25) is 0 Å². The summed E-state index contributed by atoms with van der Waals surface area (Å²) in [7, 11) is 0. The molecule has 0 amide bonds. The lowest BCUT2D eigenvalue weighted by Gasteiger charge is -2.22. The highest BCUT2D eigenvalue weighted by molar-refractivity contribution is 7.98. The Morgan fingerprint density at radius 3 is 2.79 bits per heavy atom. The Morgan fingerprint density at radius 2 is 2.11 bits per heavy atom. The zero-order chi connectivity index (χ0) is 13.7. The molecule has 0 fully saturated rings. The van der Waals surface area contributed by atoms with E-state index in [1.807, 2.05) is 36.6 Å². The molecule has 19 heavy (non-hydrogen) atoms. The Morgan fingerprint density at radius 1 is 1.37 bits per heavy atom. The van der Waals surface area contributed by atoms with Crippen molar-refractivity contribution in [3.8, 4) is 5.69 Å². The van der Waals surface area contributed by atoms with Crippen molar-refractivity contribution < 1.29 is 5.11 Å². The highest BCUT2D eigenvalue weighted by atomic mass is 32.2. The summed E-state index contributed by atoms with van der Waals surface area (Å²) < 4.78 is 1.61. The number of nitrogens with zero attached hydrogens (tertiary/aromatic N) is 4. The van der Waals surface area contributed by atoms with Gasteiger partial charge in [0.25, 0.3) is 0 Å². The van der Waals surface area contributed by atoms with Crippen LogP contribution in [-0.2, 0) is 0 Å². The number of para-hydroxylation sites is 1. The predicted octanol–water partition coefficient (Wildman–Crippen LogP) is 1.19. The van der Waals surface area contributed by atoms with Gasteiger partial charge in [0.05, 0.1) is 11.3 Å². The lowest BCUT2D eigenvalue weighted by Crippen LogP contribution is -2.36. The first kappa shape index (κ1) is 13.8. The standard InChI is InChI=1S/C12H17N5OS/c1-12(18,9-19-2)8-13-11-14-15-16-17(11)10-6-4-3-5-7-10/h3-7,18H,8-9H2,1-2H3,(H,13,14,16). The minimum Gasteiger partial charge on any atom is -0.387 e. The van der Waals surface area contributed by atoms with Crippen LogP contribution in [0.2, 0.25) is 0 Å². The fourth-order valence-corrected chi connectivity index (χ4v) is 2.40. The first-order valence-corrected chi connectivity index (χ1v) is 7.31. The third kappa shape index (κ3) is 3.68. The first-order chi connectivity index (χ1) is 9.12. The van der Waals surface area contributed by atoms with Crippen LogP contribution in [0.5, 0.6) is 0 Å². The van der Waals surface area contributed by atoms with Crippen molar-refractivity contribution >= 4 is 17.7 Å². The van der Waals surface area contributed by atoms with E-state index >= 15 is 0 Å². The first-order valence-electron chi connectivity index (χ1n) is 5.91. The number of thioether (sulfide) groups is 1. The van der Waals surface area contributed by atoms with Gasteiger partial charge in [-0.1, -0.05) is 23.3 Å². The molecule has 2 aromatic rings. The molecule has 1 unspecified atom stereocenters. The summed E-state index contributed by atoms with van der Waals surface area (Å²) >= 11 is 1.60. The summed E-state index contributed by atoms with van der Waals surface area (Å²) in [5.74, 6) is 1.17. The van der Waals surface area contributed by atoms with Gasteiger partial charge in [-0.05, 0) is 35.7 Å². The lowest BCUT2D eigenvalue weighted by atomic mass is 10.1. The average molecular weight is 279 g/mol. The average Bonchev–Trinajstić information content (AvgIpc) is 2.86. The number of aliphatic hydroxyl groups is 1. The van der Waals surface area contributed by atoms with E-state index < -0.39 is 5.60 Å². The molecule has 2 rings (SSSR count). The maximum Gasteiger partial charge on any atom is 0.247 e. The van der Waals surface area contributed by atoms with Crippen LogP contribution in [0.15, 0.2) is 30.3 Å². The second-order valence-electron chi connectivity index (χ2n) is 4.53. The van der Waals surface area contributed by atoms with E-state index in [0.29, 0.717) is 18.2 Å². The number of tetrazole rings is 1. The van der Waals surface area contributed by atoms with E-state index in [2.05, 4.69) is 20.8 Å². The van der Waals surface area contributed by atoms with Crippen molar-refractivity contribution in [1.82, 2.24) is 20.2 Å². The molecule has 0 saturated carbocycles. The molecule has 1 aromatic carbocycles. The van der Waals surface area contributed by atoms with Crippen molar-refractivity contribution in [3.05, 3.63) is 30.3 Å². The second-order valence-corrected chi connectivity index (χ2v) is 5.40. The third-order valence-electron chi connectivity index (χ3n) is 2.55. The van der Waals surface area contributed by atoms with Gasteiger partial charge in [-0.2, -0.15) is 16.4 Å². The summed E-state index contributed by atoms with van der Waals surface area (Å²) in [5.41, 5.74) is 0.0758. The monoisotopic (exact) mass is 279 g/mol. The highest BCUT2D eigenvalue weighted by Gasteiger charge is 2.20. The molecule has 7 heteroatoms. The van der Waals surface area contributed by atoms with Gasteiger partial charge in [-0.15, -0.1) is 0 Å². The van der Waals surface area contributed by atoms with Crippen molar-refractivity contribution in [1.29, 1.82) is 0 Å². The molecule has 0 radical (unpaired) electrons. The Labute approximate surface area is 116 Å². The minimum absolute atomic E-state index is 0.390. The molecule has 102 valence electrons. The molecule has 0 aliphatic heterocycles. The second kappa shape index (κ2) is 6.03. The number of benzene rings is 1. The van der Waals surface area contributed by atoms with Crippen molar-refractivity contribution in [2.45, 2.75) is 12.5 Å². The summed E-state index contributed by atoms with van der Waals surface area (Å²) in [6.07, 6.45) is 1.96. The summed E-state index contributed by atoms with van der Waals surface area (Å²) in [5, 5.41) is 24.7. The molecule has 0 aliphatic rings. The molecule has 0 aliphatic carbocycles. The molecule has 0 bridgehead atoms. The van der Waals surface area contributed by atoms with Gasteiger partial charge in [-0.25, -0.2) is 0 Å². The lowest BCUT2D eigenvalue weighted by molar-refractivity contribution is 0.0995. The largest absolute Gasteiger partial charge is 0.387 e. The third-order valence-corrected chi connectivity index (χ3v) is 3.46. The number of nitrogens with one attached hydrogen (secondary N) is 1. The number of hydrogen-bond donors (Lipinski definition) is 2. The van der Waals surface area contributed by atoms with Gasteiger partial charge in [0.1, 0.15) is 0 Å². The highest BCUT2D eigenvalue weighted by Crippen LogP contribution is 2.14. The molecule has 1 atom stereocenters. The van der Waals surface area contributed by atoms with Crippen LogP contribution in [-0.4, -0.2) is 49.5 Å². The fourth-order valence-electron chi connectivity index (χ4n) is 1.67. The van der Waals surface area contributed by atoms with E-state index in [1.54, 1.807) is 23.4 Å². The quantitative estimate of drug-likeness (QED) is 0.827. The van der Waals surface area contributed by atoms with Crippen LogP contribution in [0.3, 0.4) is 0 Å². The van der Waals surface area contributed by atoms with Crippen LogP contribution in [0.25, 0.3) is 5.69 Å². The Kier molecular flexibility index (Phi) is 4.39. The molecule has 2 N–H and O–H groups in total. The Hall–Kier alpha value is -1.60. The van der Waals surface area contributed by atoms with Crippen LogP contribution in [0.1, 0.15) is 6.92 Å². The van der Waals surface area contributed by atoms with Crippen molar-refractivity contribution in [2.24, 2.45) is 0 Å². The molecule has 1 heterocycles. The summed E-state index contributed by atoms with van der Waals surface area (Å²) in [4.78, 5) is 0. The van der Waals surface area contributed by atoms with E-state index in [9.17, 15) is 5.11 Å². The molecule has 1 aromatic heterocycles. The van der Waals surface area contributed by atoms with Gasteiger partial charge in [0.2, 0.25) is 5.95 Å². The molecule has 0 spiro atoms. The van der Waals surface area contributed by atoms with Crippen LogP contribution in [0.4, 0.5) is 5.95 Å². The molecule has 6 nitrogen and oxygen atoms in total. The fraction of sp³-hybridized carbons (Fsp3) is 0.417. The number of rotatable bonds is 6. The SMILES string of the molecule is CSCC(C)(O)CNc1nnnn1-c1ccccc1. The Bertz CT molecular complexity index is 514. The molecular weight excluding hydrogens is 262 g/mol. The summed E-state index contributed by atoms with van der Waals surface area (Å²) in [6.45, 7) is 2.17. The molecular formula is C12H17N5OS. The normalized spacial score (nSPS) is 14.1. The Balaban J connectivity index is 2.09. The van der Waals surface area contributed by atoms with E-state index in [-0.39, 0.29) is 0 Å². The van der Waals surface area contributed by atoms with Crippen molar-refractivity contribution in [3.63, 3.8) is 0 Å². The number of hydrogen-bond acceptors (Lipinski definition) is 6. The van der Waals surface area contributed by atoms with E-state index in [0.717, 1.165) is 5.69 Å². The zero-order valence-corrected chi connectivity index (χ0v) is 11.8. The van der Waals surface area contributed by atoms with Gasteiger partial charge >= 0.3 is 0 Å². The van der Waals surface area contributed by atoms with Crippen LogP contribution in [0, 0.1) is 0 Å². The van der Waals surface area contributed by atoms with E-state index in [1.165, 1.54) is 0 Å². The van der Waals surface area contributed by atoms with Crippen LogP contribution >= 0.6 is 11.8 Å². The maximum atomic E-state index is 10.1. The molecule has 0 saturated heterocycles. The van der Waals surface area contributed by atoms with Gasteiger partial charge < -0.3 is 10.4 Å². The number of anilines is 1. The predicted molar refractivity (Wildman–Crippen MR) is 76.6 cm³/mol. The smallest absolute Gasteiger partial charge is 0.247 e. The minimum atomic E-state index is -0.799. The van der Waals surface area contributed by atoms with Gasteiger partial charge in [0, 0.05) is 12.3 Å².